The molecule has 0 unspecified atom stereocenters. The Bertz CT molecular complexity index is 969. The molecule has 0 saturated heterocycles. The molecule has 0 aliphatic rings. The van der Waals surface area contributed by atoms with Crippen LogP contribution in [0.15, 0.2) is 69.6 Å². The fraction of sp³-hybridized carbons (Fsp3) is 0.100. The number of hydrogen-bond donors (Lipinski definition) is 2. The summed E-state index contributed by atoms with van der Waals surface area (Å²) in [7, 11) is 1.56. The van der Waals surface area contributed by atoms with Gasteiger partial charge in [0.2, 0.25) is 0 Å². The van der Waals surface area contributed by atoms with Crippen LogP contribution in [0.5, 0.6) is 11.5 Å². The van der Waals surface area contributed by atoms with Crippen molar-refractivity contribution >= 4 is 27.7 Å². The predicted octanol–water partition coefficient (Wildman–Crippen LogP) is 3.70. The van der Waals surface area contributed by atoms with Crippen LogP contribution in [0.2, 0.25) is 0 Å². The number of furan rings is 1. The van der Waals surface area contributed by atoms with Gasteiger partial charge < -0.3 is 13.9 Å². The second kappa shape index (κ2) is 9.09. The number of amides is 2. The molecule has 1 heterocycles. The second-order valence-corrected chi connectivity index (χ2v) is 6.54. The summed E-state index contributed by atoms with van der Waals surface area (Å²) < 4.78 is 17.2. The van der Waals surface area contributed by atoms with E-state index in [0.717, 1.165) is 4.47 Å². The normalized spacial score (nSPS) is 10.2. The lowest BCUT2D eigenvalue weighted by Crippen LogP contribution is -2.41. The number of benzene rings is 2. The first-order valence-electron chi connectivity index (χ1n) is 8.27. The number of ether oxygens (including phenoxy) is 2. The number of halogens is 1. The van der Waals surface area contributed by atoms with E-state index in [2.05, 4.69) is 26.8 Å². The van der Waals surface area contributed by atoms with Crippen LogP contribution >= 0.6 is 15.9 Å². The molecule has 3 rings (SSSR count). The third kappa shape index (κ3) is 4.92. The standard InChI is InChI=1S/C20H17BrN2O5/c1-26-16-4-2-3-5-17(16)27-12-15-10-11-18(28-15)20(25)23-22-19(24)13-6-8-14(21)9-7-13/h2-11H,12H2,1H3,(H,22,24)(H,23,25). The van der Waals surface area contributed by atoms with Crippen LogP contribution in [0.3, 0.4) is 0 Å². The molecule has 8 heteroatoms. The Labute approximate surface area is 169 Å². The molecule has 2 aromatic carbocycles. The Morgan fingerprint density at radius 2 is 1.61 bits per heavy atom. The van der Waals surface area contributed by atoms with Gasteiger partial charge in [-0.2, -0.15) is 0 Å². The maximum Gasteiger partial charge on any atom is 0.305 e. The van der Waals surface area contributed by atoms with E-state index in [0.29, 0.717) is 22.8 Å². The van der Waals surface area contributed by atoms with E-state index in [-0.39, 0.29) is 12.4 Å². The summed E-state index contributed by atoms with van der Waals surface area (Å²) in [6.45, 7) is 0.124. The van der Waals surface area contributed by atoms with Crippen LogP contribution in [0, 0.1) is 0 Å². The van der Waals surface area contributed by atoms with Gasteiger partial charge in [0, 0.05) is 10.0 Å². The lowest BCUT2D eigenvalue weighted by atomic mass is 10.2. The van der Waals surface area contributed by atoms with E-state index in [1.807, 2.05) is 12.1 Å². The maximum atomic E-state index is 12.1. The topological polar surface area (TPSA) is 89.8 Å². The molecule has 7 nitrogen and oxygen atoms in total. The molecule has 3 aromatic rings. The van der Waals surface area contributed by atoms with Gasteiger partial charge in [-0.05, 0) is 48.5 Å². The summed E-state index contributed by atoms with van der Waals surface area (Å²) in [5.74, 6) is 0.656. The number of nitrogens with one attached hydrogen (secondary N) is 2. The lowest BCUT2D eigenvalue weighted by Gasteiger charge is -2.09. The summed E-state index contributed by atoms with van der Waals surface area (Å²) in [5, 5.41) is 0. The van der Waals surface area contributed by atoms with Crippen molar-refractivity contribution in [2.24, 2.45) is 0 Å². The molecule has 0 spiro atoms. The monoisotopic (exact) mass is 444 g/mol. The number of methoxy groups -OCH3 is 1. The van der Waals surface area contributed by atoms with Crippen molar-refractivity contribution in [3.05, 3.63) is 82.2 Å². The molecule has 0 aliphatic heterocycles. The van der Waals surface area contributed by atoms with E-state index in [1.54, 1.807) is 49.6 Å². The zero-order chi connectivity index (χ0) is 19.9. The van der Waals surface area contributed by atoms with Gasteiger partial charge in [0.15, 0.2) is 17.3 Å². The highest BCUT2D eigenvalue weighted by molar-refractivity contribution is 9.10. The molecule has 0 bridgehead atoms. The van der Waals surface area contributed by atoms with Crippen molar-refractivity contribution in [1.29, 1.82) is 0 Å². The van der Waals surface area contributed by atoms with Crippen LogP contribution in [0.4, 0.5) is 0 Å². The van der Waals surface area contributed by atoms with Crippen molar-refractivity contribution in [2.75, 3.05) is 7.11 Å². The van der Waals surface area contributed by atoms with Crippen molar-refractivity contribution in [3.8, 4) is 11.5 Å². The number of rotatable bonds is 6. The van der Waals surface area contributed by atoms with Gasteiger partial charge in [0.05, 0.1) is 7.11 Å². The fourth-order valence-corrected chi connectivity index (χ4v) is 2.58. The van der Waals surface area contributed by atoms with Gasteiger partial charge in [-0.15, -0.1) is 0 Å². The minimum absolute atomic E-state index is 0.0507. The van der Waals surface area contributed by atoms with Crippen LogP contribution in [-0.2, 0) is 6.61 Å². The molecule has 0 atom stereocenters. The molecule has 144 valence electrons. The first-order valence-corrected chi connectivity index (χ1v) is 9.07. The minimum Gasteiger partial charge on any atom is -0.493 e. The van der Waals surface area contributed by atoms with Crippen molar-refractivity contribution < 1.29 is 23.5 Å². The first-order chi connectivity index (χ1) is 13.6. The van der Waals surface area contributed by atoms with Gasteiger partial charge in [-0.1, -0.05) is 28.1 Å². The SMILES string of the molecule is COc1ccccc1OCc1ccc(C(=O)NNC(=O)c2ccc(Br)cc2)o1. The fourth-order valence-electron chi connectivity index (χ4n) is 2.31. The molecule has 0 radical (unpaired) electrons. The smallest absolute Gasteiger partial charge is 0.305 e. The highest BCUT2D eigenvalue weighted by Gasteiger charge is 2.14. The lowest BCUT2D eigenvalue weighted by molar-refractivity contribution is 0.0828. The zero-order valence-electron chi connectivity index (χ0n) is 14.9. The van der Waals surface area contributed by atoms with Crippen molar-refractivity contribution in [2.45, 2.75) is 6.61 Å². The Hall–Kier alpha value is -3.26. The second-order valence-electron chi connectivity index (χ2n) is 5.62. The average Bonchev–Trinajstić information content (AvgIpc) is 3.20. The highest BCUT2D eigenvalue weighted by atomic mass is 79.9. The Balaban J connectivity index is 1.53. The highest BCUT2D eigenvalue weighted by Crippen LogP contribution is 2.26. The summed E-state index contributed by atoms with van der Waals surface area (Å²) in [4.78, 5) is 24.1. The largest absolute Gasteiger partial charge is 0.493 e. The zero-order valence-corrected chi connectivity index (χ0v) is 16.5. The first kappa shape index (κ1) is 19.5. The average molecular weight is 445 g/mol. The van der Waals surface area contributed by atoms with Crippen molar-refractivity contribution in [1.82, 2.24) is 10.9 Å². The van der Waals surface area contributed by atoms with E-state index < -0.39 is 11.8 Å². The molecule has 0 fully saturated rings. The van der Waals surface area contributed by atoms with E-state index in [1.165, 1.54) is 6.07 Å². The Morgan fingerprint density at radius 1 is 0.929 bits per heavy atom. The molecule has 28 heavy (non-hydrogen) atoms. The molecule has 2 N–H and O–H groups in total. The van der Waals surface area contributed by atoms with Gasteiger partial charge in [0.25, 0.3) is 5.91 Å². The summed E-state index contributed by atoms with van der Waals surface area (Å²) >= 11 is 3.29. The van der Waals surface area contributed by atoms with Gasteiger partial charge in [0.1, 0.15) is 12.4 Å². The third-order valence-electron chi connectivity index (χ3n) is 3.72. The van der Waals surface area contributed by atoms with Crippen molar-refractivity contribution in [3.63, 3.8) is 0 Å². The molecular weight excluding hydrogens is 428 g/mol. The number of para-hydroxylation sites is 2. The Morgan fingerprint density at radius 3 is 2.32 bits per heavy atom. The third-order valence-corrected chi connectivity index (χ3v) is 4.25. The van der Waals surface area contributed by atoms with E-state index in [9.17, 15) is 9.59 Å². The molecule has 1 aromatic heterocycles. The number of carbonyl (C=O) groups excluding carboxylic acids is 2. The van der Waals surface area contributed by atoms with Gasteiger partial charge >= 0.3 is 5.91 Å². The predicted molar refractivity (Wildman–Crippen MR) is 105 cm³/mol. The van der Waals surface area contributed by atoms with Crippen LogP contribution in [-0.4, -0.2) is 18.9 Å². The van der Waals surface area contributed by atoms with Gasteiger partial charge in [-0.25, -0.2) is 0 Å². The van der Waals surface area contributed by atoms with Gasteiger partial charge in [-0.3, -0.25) is 20.4 Å². The molecule has 0 saturated carbocycles. The number of hydrazine groups is 1. The quantitative estimate of drug-likeness (QED) is 0.565. The van der Waals surface area contributed by atoms with Crippen LogP contribution in [0.1, 0.15) is 26.7 Å². The summed E-state index contributed by atoms with van der Waals surface area (Å²) in [6.07, 6.45) is 0. The summed E-state index contributed by atoms with van der Waals surface area (Å²) in [5.41, 5.74) is 5.06. The molecule has 2 amide bonds. The Kier molecular flexibility index (Phi) is 6.33. The molecule has 0 aliphatic carbocycles. The minimum atomic E-state index is -0.575. The maximum absolute atomic E-state index is 12.1. The molecular formula is C20H17BrN2O5. The van der Waals surface area contributed by atoms with E-state index in [4.69, 9.17) is 13.9 Å². The van der Waals surface area contributed by atoms with Crippen LogP contribution < -0.4 is 20.3 Å². The number of hydrogen-bond acceptors (Lipinski definition) is 5. The number of carbonyl (C=O) groups is 2. The summed E-state index contributed by atoms with van der Waals surface area (Å²) in [6, 6.07) is 17.1. The van der Waals surface area contributed by atoms with Crippen LogP contribution in [0.25, 0.3) is 0 Å². The van der Waals surface area contributed by atoms with E-state index >= 15 is 0 Å².